The molecule has 6 heteroatoms. The Morgan fingerprint density at radius 3 is 2.91 bits per heavy atom. The molecule has 3 aromatic heterocycles. The lowest BCUT2D eigenvalue weighted by molar-refractivity contribution is 0.198. The summed E-state index contributed by atoms with van der Waals surface area (Å²) in [5, 5.41) is 10.6. The lowest BCUT2D eigenvalue weighted by atomic mass is 10.3. The van der Waals surface area contributed by atoms with Crippen molar-refractivity contribution in [2.75, 3.05) is 18.0 Å². The van der Waals surface area contributed by atoms with E-state index in [1.54, 1.807) is 11.3 Å². The zero-order chi connectivity index (χ0) is 15.1. The van der Waals surface area contributed by atoms with Gasteiger partial charge in [-0.05, 0) is 31.5 Å². The number of nitrogens with zero attached hydrogens (tertiary/aromatic N) is 4. The van der Waals surface area contributed by atoms with Crippen LogP contribution < -0.4 is 4.90 Å². The Bertz CT molecular complexity index is 815. The first-order chi connectivity index (χ1) is 10.7. The van der Waals surface area contributed by atoms with Crippen molar-refractivity contribution in [3.05, 3.63) is 36.3 Å². The zero-order valence-corrected chi connectivity index (χ0v) is 13.0. The molecular formula is C16H16N4OS. The monoisotopic (exact) mass is 312 g/mol. The summed E-state index contributed by atoms with van der Waals surface area (Å²) in [7, 11) is 0. The molecule has 1 aliphatic heterocycles. The smallest absolute Gasteiger partial charge is 0.128 e. The number of aliphatic hydroxyl groups is 1. The van der Waals surface area contributed by atoms with Gasteiger partial charge in [-0.3, -0.25) is 4.98 Å². The maximum Gasteiger partial charge on any atom is 0.128 e. The Morgan fingerprint density at radius 1 is 1.27 bits per heavy atom. The van der Waals surface area contributed by atoms with Gasteiger partial charge in [0.2, 0.25) is 0 Å². The molecule has 1 saturated heterocycles. The maximum absolute atomic E-state index is 9.61. The first-order valence-corrected chi connectivity index (χ1v) is 8.13. The van der Waals surface area contributed by atoms with Gasteiger partial charge in [0.1, 0.15) is 16.3 Å². The summed E-state index contributed by atoms with van der Waals surface area (Å²) in [6.07, 6.45) is 4.26. The van der Waals surface area contributed by atoms with Crippen molar-refractivity contribution in [1.29, 1.82) is 0 Å². The molecular weight excluding hydrogens is 296 g/mol. The number of pyridine rings is 2. The third-order valence-electron chi connectivity index (χ3n) is 3.89. The van der Waals surface area contributed by atoms with Gasteiger partial charge in [0.05, 0.1) is 17.0 Å². The van der Waals surface area contributed by atoms with Gasteiger partial charge in [-0.1, -0.05) is 0 Å². The van der Waals surface area contributed by atoms with Crippen LogP contribution in [0.15, 0.2) is 30.6 Å². The quantitative estimate of drug-likeness (QED) is 0.788. The number of rotatable bonds is 2. The van der Waals surface area contributed by atoms with Gasteiger partial charge in [0.15, 0.2) is 0 Å². The van der Waals surface area contributed by atoms with Gasteiger partial charge in [-0.25, -0.2) is 9.97 Å². The summed E-state index contributed by atoms with van der Waals surface area (Å²) in [6, 6.07) is 6.11. The van der Waals surface area contributed by atoms with Crippen molar-refractivity contribution in [1.82, 2.24) is 15.0 Å². The van der Waals surface area contributed by atoms with Crippen LogP contribution in [-0.4, -0.2) is 39.3 Å². The fourth-order valence-corrected chi connectivity index (χ4v) is 3.73. The standard InChI is InChI=1S/C16H16N4OS/c1-10-6-14-13(8-17-10)19-16(22-14)11-2-3-15(18-7-11)20-5-4-12(21)9-20/h2-3,6-8,12,21H,4-5,9H2,1H3/t12-/m1/s1. The number of hydrogen-bond acceptors (Lipinski definition) is 6. The number of aromatic nitrogens is 3. The number of hydrogen-bond donors (Lipinski definition) is 1. The van der Waals surface area contributed by atoms with Crippen molar-refractivity contribution < 1.29 is 5.11 Å². The summed E-state index contributed by atoms with van der Waals surface area (Å²) in [5.41, 5.74) is 2.95. The van der Waals surface area contributed by atoms with Crippen LogP contribution in [0.4, 0.5) is 5.82 Å². The van der Waals surface area contributed by atoms with Crippen molar-refractivity contribution in [3.63, 3.8) is 0 Å². The van der Waals surface area contributed by atoms with Gasteiger partial charge < -0.3 is 10.0 Å². The third-order valence-corrected chi connectivity index (χ3v) is 4.96. The highest BCUT2D eigenvalue weighted by atomic mass is 32.1. The molecule has 0 spiro atoms. The molecule has 0 aliphatic carbocycles. The molecule has 0 amide bonds. The second-order valence-electron chi connectivity index (χ2n) is 5.61. The summed E-state index contributed by atoms with van der Waals surface area (Å²) in [5.74, 6) is 0.916. The molecule has 112 valence electrons. The maximum atomic E-state index is 9.61. The van der Waals surface area contributed by atoms with Gasteiger partial charge >= 0.3 is 0 Å². The number of aryl methyl sites for hydroxylation is 1. The van der Waals surface area contributed by atoms with Crippen molar-refractivity contribution in [3.8, 4) is 10.6 Å². The predicted molar refractivity (Wildman–Crippen MR) is 88.2 cm³/mol. The topological polar surface area (TPSA) is 62.1 Å². The minimum absolute atomic E-state index is 0.235. The molecule has 4 heterocycles. The first kappa shape index (κ1) is 13.6. The van der Waals surface area contributed by atoms with E-state index in [1.807, 2.05) is 31.5 Å². The molecule has 3 aromatic rings. The van der Waals surface area contributed by atoms with Crippen LogP contribution in [0.25, 0.3) is 20.8 Å². The van der Waals surface area contributed by atoms with Crippen LogP contribution in [0.3, 0.4) is 0 Å². The molecule has 4 rings (SSSR count). The number of aliphatic hydroxyl groups excluding tert-OH is 1. The average Bonchev–Trinajstić information content (AvgIpc) is 3.13. The van der Waals surface area contributed by atoms with E-state index >= 15 is 0 Å². The molecule has 0 aromatic carbocycles. The SMILES string of the molecule is Cc1cc2sc(-c3ccc(N4CC[C@@H](O)C4)nc3)nc2cn1. The van der Waals surface area contributed by atoms with Crippen LogP contribution in [0.5, 0.6) is 0 Å². The molecule has 0 saturated carbocycles. The van der Waals surface area contributed by atoms with Crippen LogP contribution in [0, 0.1) is 6.92 Å². The van der Waals surface area contributed by atoms with Gasteiger partial charge in [-0.15, -0.1) is 11.3 Å². The first-order valence-electron chi connectivity index (χ1n) is 7.32. The lowest BCUT2D eigenvalue weighted by Gasteiger charge is -2.16. The number of thiazole rings is 1. The van der Waals surface area contributed by atoms with E-state index in [4.69, 9.17) is 0 Å². The summed E-state index contributed by atoms with van der Waals surface area (Å²) < 4.78 is 1.15. The number of β-amino-alcohol motifs (C(OH)–C–C–N with tert-alkyl or cyclic N) is 1. The Hall–Kier alpha value is -2.05. The Kier molecular flexibility index (Phi) is 3.28. The van der Waals surface area contributed by atoms with Crippen molar-refractivity contribution in [2.24, 2.45) is 0 Å². The van der Waals surface area contributed by atoms with Gasteiger partial charge in [-0.2, -0.15) is 0 Å². The van der Waals surface area contributed by atoms with Crippen LogP contribution >= 0.6 is 11.3 Å². The predicted octanol–water partition coefficient (Wildman–Crippen LogP) is 2.63. The van der Waals surface area contributed by atoms with E-state index in [1.165, 1.54) is 0 Å². The highest BCUT2D eigenvalue weighted by Crippen LogP contribution is 2.30. The van der Waals surface area contributed by atoms with Crippen LogP contribution in [-0.2, 0) is 0 Å². The number of anilines is 1. The highest BCUT2D eigenvalue weighted by Gasteiger charge is 2.21. The van der Waals surface area contributed by atoms with Crippen LogP contribution in [0.2, 0.25) is 0 Å². The molecule has 5 nitrogen and oxygen atoms in total. The minimum Gasteiger partial charge on any atom is -0.391 e. The molecule has 0 bridgehead atoms. The fraction of sp³-hybridized carbons (Fsp3) is 0.312. The van der Waals surface area contributed by atoms with E-state index < -0.39 is 0 Å². The second-order valence-corrected chi connectivity index (χ2v) is 6.64. The Morgan fingerprint density at radius 2 is 2.18 bits per heavy atom. The molecule has 1 aliphatic rings. The lowest BCUT2D eigenvalue weighted by Crippen LogP contribution is -2.21. The van der Waals surface area contributed by atoms with Crippen molar-refractivity contribution in [2.45, 2.75) is 19.4 Å². The Balaban J connectivity index is 1.64. The number of fused-ring (bicyclic) bond motifs is 1. The highest BCUT2D eigenvalue weighted by molar-refractivity contribution is 7.21. The molecule has 0 radical (unpaired) electrons. The second kappa shape index (κ2) is 5.30. The van der Waals surface area contributed by atoms with Crippen molar-refractivity contribution >= 4 is 27.4 Å². The molecule has 1 atom stereocenters. The van der Waals surface area contributed by atoms with Gasteiger partial charge in [0, 0.05) is 30.5 Å². The van der Waals surface area contributed by atoms with E-state index in [0.717, 1.165) is 45.3 Å². The molecule has 0 unspecified atom stereocenters. The largest absolute Gasteiger partial charge is 0.391 e. The van der Waals surface area contributed by atoms with Crippen LogP contribution in [0.1, 0.15) is 12.1 Å². The van der Waals surface area contributed by atoms with E-state index in [-0.39, 0.29) is 6.10 Å². The summed E-state index contributed by atoms with van der Waals surface area (Å²) in [4.78, 5) is 15.5. The third kappa shape index (κ3) is 2.44. The molecule has 22 heavy (non-hydrogen) atoms. The van der Waals surface area contributed by atoms with E-state index in [0.29, 0.717) is 6.54 Å². The zero-order valence-electron chi connectivity index (χ0n) is 12.2. The normalized spacial score (nSPS) is 18.3. The molecule has 1 fully saturated rings. The molecule has 1 N–H and O–H groups in total. The van der Waals surface area contributed by atoms with Gasteiger partial charge in [0.25, 0.3) is 0 Å². The summed E-state index contributed by atoms with van der Waals surface area (Å²) in [6.45, 7) is 3.51. The average molecular weight is 312 g/mol. The fourth-order valence-electron chi connectivity index (χ4n) is 2.70. The summed E-state index contributed by atoms with van der Waals surface area (Å²) >= 11 is 1.66. The van der Waals surface area contributed by atoms with E-state index in [2.05, 4.69) is 25.9 Å². The van der Waals surface area contributed by atoms with E-state index in [9.17, 15) is 5.11 Å². The Labute approximate surface area is 132 Å². The minimum atomic E-state index is -0.235.